The summed E-state index contributed by atoms with van der Waals surface area (Å²) in [5.41, 5.74) is 1.14. The second-order valence-corrected chi connectivity index (χ2v) is 7.57. The van der Waals surface area contributed by atoms with Crippen molar-refractivity contribution in [3.8, 4) is 5.75 Å². The molecule has 0 radical (unpaired) electrons. The molecule has 1 saturated heterocycles. The average molecular weight is 431 g/mol. The van der Waals surface area contributed by atoms with Crippen LogP contribution in [0, 0.1) is 5.92 Å². The Balaban J connectivity index is 2.00. The van der Waals surface area contributed by atoms with Crippen molar-refractivity contribution in [2.45, 2.75) is 46.5 Å². The molecule has 1 atom stereocenters. The smallest absolute Gasteiger partial charge is 0.337 e. The number of esters is 1. The summed E-state index contributed by atoms with van der Waals surface area (Å²) in [7, 11) is 0. The number of hydrogen-bond donors (Lipinski definition) is 0. The molecule has 0 aliphatic carbocycles. The third-order valence-corrected chi connectivity index (χ3v) is 5.05. The summed E-state index contributed by atoms with van der Waals surface area (Å²) in [6.07, 6.45) is 1.71. The number of nitrogens with zero attached hydrogens (tertiary/aromatic N) is 2. The molecule has 2 rings (SSSR count). The fourth-order valence-corrected chi connectivity index (χ4v) is 3.34. The third-order valence-electron chi connectivity index (χ3n) is 5.05. The zero-order chi connectivity index (χ0) is 23.0. The van der Waals surface area contributed by atoms with E-state index in [4.69, 9.17) is 9.57 Å². The highest BCUT2D eigenvalue weighted by atomic mass is 16.7. The maximum absolute atomic E-state index is 12.4. The van der Waals surface area contributed by atoms with Crippen molar-refractivity contribution in [3.05, 3.63) is 35.9 Å². The first kappa shape index (κ1) is 24.3. The first-order valence-corrected chi connectivity index (χ1v) is 10.5. The number of imide groups is 1. The monoisotopic (exact) mass is 430 g/mol. The van der Waals surface area contributed by atoms with Crippen molar-refractivity contribution in [1.29, 1.82) is 0 Å². The van der Waals surface area contributed by atoms with Crippen LogP contribution < -0.4 is 4.74 Å². The molecular formula is C23H30N2O6. The van der Waals surface area contributed by atoms with Crippen LogP contribution in [-0.2, 0) is 30.4 Å². The standard InChI is InChI=1S/C23H30N2O6/c1-5-18-9-8-17(14-23(29)31-25-20(26)10-11-21(25)27)13-19(18)30-22(28)12-16(4)15-24(6-2)7-3/h5,8-9,13,16H,1,6-7,10-12,14-15H2,2-4H3. The molecule has 1 aromatic rings. The summed E-state index contributed by atoms with van der Waals surface area (Å²) in [4.78, 5) is 54.9. The molecule has 0 bridgehead atoms. The second kappa shape index (κ2) is 11.4. The molecule has 1 aromatic carbocycles. The summed E-state index contributed by atoms with van der Waals surface area (Å²) in [6, 6.07) is 4.93. The highest BCUT2D eigenvalue weighted by Gasteiger charge is 2.32. The number of amides is 2. The van der Waals surface area contributed by atoms with Gasteiger partial charge in [-0.15, -0.1) is 5.06 Å². The van der Waals surface area contributed by atoms with Crippen LogP contribution in [0.2, 0.25) is 0 Å². The first-order valence-electron chi connectivity index (χ1n) is 10.5. The van der Waals surface area contributed by atoms with Gasteiger partial charge in [-0.1, -0.05) is 45.6 Å². The van der Waals surface area contributed by atoms with Crippen LogP contribution in [0.4, 0.5) is 0 Å². The Morgan fingerprint density at radius 3 is 2.39 bits per heavy atom. The zero-order valence-corrected chi connectivity index (χ0v) is 18.4. The van der Waals surface area contributed by atoms with Gasteiger partial charge in [0.05, 0.1) is 6.42 Å². The molecule has 8 nitrogen and oxygen atoms in total. The molecule has 168 valence electrons. The largest absolute Gasteiger partial charge is 0.426 e. The van der Waals surface area contributed by atoms with E-state index < -0.39 is 17.8 Å². The molecule has 1 aliphatic rings. The maximum Gasteiger partial charge on any atom is 0.337 e. The van der Waals surface area contributed by atoms with Crippen LogP contribution in [-0.4, -0.2) is 53.4 Å². The first-order chi connectivity index (χ1) is 14.8. The molecule has 0 aromatic heterocycles. The van der Waals surface area contributed by atoms with Crippen molar-refractivity contribution < 1.29 is 28.8 Å². The number of carbonyl (C=O) groups is 4. The van der Waals surface area contributed by atoms with Gasteiger partial charge in [0.15, 0.2) is 0 Å². The Kier molecular flexibility index (Phi) is 8.93. The van der Waals surface area contributed by atoms with Crippen LogP contribution in [0.5, 0.6) is 5.75 Å². The van der Waals surface area contributed by atoms with Gasteiger partial charge < -0.3 is 14.5 Å². The van der Waals surface area contributed by atoms with Crippen molar-refractivity contribution in [2.24, 2.45) is 5.92 Å². The number of hydroxylamine groups is 2. The molecule has 1 aliphatic heterocycles. The molecule has 0 N–H and O–H groups in total. The van der Waals surface area contributed by atoms with E-state index >= 15 is 0 Å². The van der Waals surface area contributed by atoms with Gasteiger partial charge >= 0.3 is 11.9 Å². The Labute approximate surface area is 182 Å². The van der Waals surface area contributed by atoms with E-state index in [0.717, 1.165) is 19.6 Å². The van der Waals surface area contributed by atoms with Crippen LogP contribution in [0.3, 0.4) is 0 Å². The van der Waals surface area contributed by atoms with Crippen molar-refractivity contribution in [3.63, 3.8) is 0 Å². The van der Waals surface area contributed by atoms with Crippen LogP contribution in [0.1, 0.15) is 51.2 Å². The molecule has 1 unspecified atom stereocenters. The normalized spacial score (nSPS) is 14.6. The SMILES string of the molecule is C=Cc1ccc(CC(=O)ON2C(=O)CCC2=O)cc1OC(=O)CC(C)CN(CC)CC. The molecular weight excluding hydrogens is 400 g/mol. The second-order valence-electron chi connectivity index (χ2n) is 7.57. The van der Waals surface area contributed by atoms with Gasteiger partial charge in [-0.3, -0.25) is 14.4 Å². The predicted molar refractivity (Wildman–Crippen MR) is 115 cm³/mol. The fourth-order valence-electron chi connectivity index (χ4n) is 3.34. The Morgan fingerprint density at radius 2 is 1.81 bits per heavy atom. The van der Waals surface area contributed by atoms with E-state index in [1.807, 2.05) is 6.92 Å². The van der Waals surface area contributed by atoms with E-state index in [1.54, 1.807) is 24.3 Å². The average Bonchev–Trinajstić information content (AvgIpc) is 3.04. The van der Waals surface area contributed by atoms with Gasteiger partial charge in [0.25, 0.3) is 11.8 Å². The minimum Gasteiger partial charge on any atom is -0.426 e. The predicted octanol–water partition coefficient (Wildman–Crippen LogP) is 2.75. The summed E-state index contributed by atoms with van der Waals surface area (Å²) < 4.78 is 5.55. The zero-order valence-electron chi connectivity index (χ0n) is 18.4. The number of benzene rings is 1. The Morgan fingerprint density at radius 1 is 1.16 bits per heavy atom. The number of ether oxygens (including phenoxy) is 1. The van der Waals surface area contributed by atoms with Crippen LogP contribution in [0.15, 0.2) is 24.8 Å². The molecule has 2 amide bonds. The number of hydrogen-bond acceptors (Lipinski definition) is 7. The van der Waals surface area contributed by atoms with Crippen LogP contribution >= 0.6 is 0 Å². The number of carbonyl (C=O) groups excluding carboxylic acids is 4. The van der Waals surface area contributed by atoms with E-state index in [1.165, 1.54) is 0 Å². The minimum atomic E-state index is -0.750. The van der Waals surface area contributed by atoms with E-state index in [9.17, 15) is 19.2 Å². The quantitative estimate of drug-likeness (QED) is 0.303. The summed E-state index contributed by atoms with van der Waals surface area (Å²) in [5.74, 6) is -1.75. The van der Waals surface area contributed by atoms with Crippen molar-refractivity contribution >= 4 is 29.8 Å². The van der Waals surface area contributed by atoms with Gasteiger partial charge in [-0.2, -0.15) is 0 Å². The fraction of sp³-hybridized carbons (Fsp3) is 0.478. The van der Waals surface area contributed by atoms with E-state index in [2.05, 4.69) is 25.3 Å². The molecule has 1 fully saturated rings. The van der Waals surface area contributed by atoms with Gasteiger partial charge in [-0.05, 0) is 30.6 Å². The molecule has 8 heteroatoms. The molecule has 0 spiro atoms. The topological polar surface area (TPSA) is 93.2 Å². The van der Waals surface area contributed by atoms with Gasteiger partial charge in [0.2, 0.25) is 0 Å². The van der Waals surface area contributed by atoms with Crippen molar-refractivity contribution in [1.82, 2.24) is 9.96 Å². The molecule has 31 heavy (non-hydrogen) atoms. The highest BCUT2D eigenvalue weighted by Crippen LogP contribution is 2.24. The van der Waals surface area contributed by atoms with Gasteiger partial charge in [0, 0.05) is 31.4 Å². The lowest BCUT2D eigenvalue weighted by Crippen LogP contribution is -2.32. The Bertz CT molecular complexity index is 830. The summed E-state index contributed by atoms with van der Waals surface area (Å²) >= 11 is 0. The van der Waals surface area contributed by atoms with Gasteiger partial charge in [0.1, 0.15) is 5.75 Å². The maximum atomic E-state index is 12.4. The minimum absolute atomic E-state index is 0.0347. The van der Waals surface area contributed by atoms with Crippen molar-refractivity contribution in [2.75, 3.05) is 19.6 Å². The Hall–Kier alpha value is -3.00. The number of rotatable bonds is 11. The molecule has 1 heterocycles. The van der Waals surface area contributed by atoms with E-state index in [0.29, 0.717) is 21.9 Å². The molecule has 0 saturated carbocycles. The van der Waals surface area contributed by atoms with Gasteiger partial charge in [-0.25, -0.2) is 4.79 Å². The van der Waals surface area contributed by atoms with Crippen LogP contribution in [0.25, 0.3) is 6.08 Å². The summed E-state index contributed by atoms with van der Waals surface area (Å²) in [6.45, 7) is 12.5. The lowest BCUT2D eigenvalue weighted by Gasteiger charge is -2.22. The highest BCUT2D eigenvalue weighted by molar-refractivity contribution is 6.01. The lowest BCUT2D eigenvalue weighted by atomic mass is 10.1. The third kappa shape index (κ3) is 7.03. The lowest BCUT2D eigenvalue weighted by molar-refractivity contribution is -0.197. The van der Waals surface area contributed by atoms with E-state index in [-0.39, 0.29) is 37.6 Å². The summed E-state index contributed by atoms with van der Waals surface area (Å²) in [5, 5.41) is 0.513.